The van der Waals surface area contributed by atoms with Crippen LogP contribution in [0.1, 0.15) is 72.6 Å². The number of carbonyl (C=O) groups excluding carboxylic acids is 1. The molecule has 1 aliphatic carbocycles. The van der Waals surface area contributed by atoms with Crippen molar-refractivity contribution in [2.75, 3.05) is 0 Å². The first-order valence-electron chi connectivity index (χ1n) is 7.99. The standard InChI is InChI=1S/C16H31NO3/c1-5-14(18)13(11-12-9-7-6-8-10-12)17-15(19)20-16(2,3)4/h12-14,18H,5-11H2,1-4H3,(H,17,19)/t13?,14-/m0/s1. The molecule has 0 aliphatic heterocycles. The number of ether oxygens (including phenoxy) is 1. The lowest BCUT2D eigenvalue weighted by Crippen LogP contribution is -2.46. The highest BCUT2D eigenvalue weighted by atomic mass is 16.6. The van der Waals surface area contributed by atoms with Crippen molar-refractivity contribution in [2.45, 2.75) is 90.4 Å². The van der Waals surface area contributed by atoms with Gasteiger partial charge in [-0.05, 0) is 39.5 Å². The highest BCUT2D eigenvalue weighted by Crippen LogP contribution is 2.28. The maximum atomic E-state index is 11.9. The number of nitrogens with one attached hydrogen (secondary N) is 1. The number of hydrogen-bond acceptors (Lipinski definition) is 3. The lowest BCUT2D eigenvalue weighted by molar-refractivity contribution is 0.0387. The molecule has 1 rings (SSSR count). The number of aliphatic hydroxyl groups is 1. The van der Waals surface area contributed by atoms with Gasteiger partial charge in [0, 0.05) is 0 Å². The molecular weight excluding hydrogens is 254 g/mol. The van der Waals surface area contributed by atoms with Gasteiger partial charge in [0.1, 0.15) is 5.60 Å². The molecule has 0 radical (unpaired) electrons. The van der Waals surface area contributed by atoms with E-state index in [9.17, 15) is 9.90 Å². The molecule has 4 nitrogen and oxygen atoms in total. The van der Waals surface area contributed by atoms with Crippen LogP contribution in [0.5, 0.6) is 0 Å². The summed E-state index contributed by atoms with van der Waals surface area (Å²) >= 11 is 0. The average molecular weight is 285 g/mol. The molecular formula is C16H31NO3. The van der Waals surface area contributed by atoms with Crippen LogP contribution in [-0.4, -0.2) is 28.9 Å². The predicted molar refractivity (Wildman–Crippen MR) is 80.6 cm³/mol. The molecule has 0 heterocycles. The highest BCUT2D eigenvalue weighted by molar-refractivity contribution is 5.68. The summed E-state index contributed by atoms with van der Waals surface area (Å²) in [5, 5.41) is 13.0. The van der Waals surface area contributed by atoms with Crippen molar-refractivity contribution >= 4 is 6.09 Å². The third-order valence-corrected chi connectivity index (χ3v) is 3.90. The SMILES string of the molecule is CC[C@H](O)C(CC1CCCCC1)NC(=O)OC(C)(C)C. The lowest BCUT2D eigenvalue weighted by Gasteiger charge is -2.30. The molecule has 1 fully saturated rings. The summed E-state index contributed by atoms with van der Waals surface area (Å²) in [6.07, 6.45) is 6.86. The summed E-state index contributed by atoms with van der Waals surface area (Å²) in [4.78, 5) is 11.9. The lowest BCUT2D eigenvalue weighted by atomic mass is 9.83. The predicted octanol–water partition coefficient (Wildman–Crippen LogP) is 3.62. The third-order valence-electron chi connectivity index (χ3n) is 3.90. The van der Waals surface area contributed by atoms with Crippen molar-refractivity contribution < 1.29 is 14.6 Å². The molecule has 2 N–H and O–H groups in total. The molecule has 1 unspecified atom stereocenters. The van der Waals surface area contributed by atoms with E-state index in [-0.39, 0.29) is 6.04 Å². The number of alkyl carbamates (subject to hydrolysis) is 1. The maximum Gasteiger partial charge on any atom is 0.407 e. The molecule has 0 aromatic carbocycles. The smallest absolute Gasteiger partial charge is 0.407 e. The fourth-order valence-corrected chi connectivity index (χ4v) is 2.84. The molecule has 0 spiro atoms. The molecule has 1 amide bonds. The van der Waals surface area contributed by atoms with E-state index in [1.807, 2.05) is 27.7 Å². The minimum Gasteiger partial charge on any atom is -0.444 e. The number of aliphatic hydroxyl groups excluding tert-OH is 1. The molecule has 1 saturated carbocycles. The number of hydrogen-bond donors (Lipinski definition) is 2. The van der Waals surface area contributed by atoms with E-state index in [1.54, 1.807) is 0 Å². The van der Waals surface area contributed by atoms with E-state index >= 15 is 0 Å². The van der Waals surface area contributed by atoms with Gasteiger partial charge in [0.15, 0.2) is 0 Å². The monoisotopic (exact) mass is 285 g/mol. The molecule has 4 heteroatoms. The summed E-state index contributed by atoms with van der Waals surface area (Å²) in [5.41, 5.74) is -0.503. The first kappa shape index (κ1) is 17.3. The van der Waals surface area contributed by atoms with Gasteiger partial charge in [-0.1, -0.05) is 39.0 Å². The Bertz CT molecular complexity index is 293. The Labute approximate surface area is 123 Å². The molecule has 0 aromatic heterocycles. The van der Waals surface area contributed by atoms with Crippen LogP contribution < -0.4 is 5.32 Å². The molecule has 1 aliphatic rings. The Kier molecular flexibility index (Phi) is 6.80. The topological polar surface area (TPSA) is 58.6 Å². The van der Waals surface area contributed by atoms with E-state index in [0.29, 0.717) is 12.3 Å². The molecule has 118 valence electrons. The molecule has 0 saturated heterocycles. The number of rotatable bonds is 5. The zero-order chi connectivity index (χ0) is 15.2. The average Bonchev–Trinajstić information content (AvgIpc) is 2.36. The van der Waals surface area contributed by atoms with Gasteiger partial charge in [-0.25, -0.2) is 4.79 Å². The zero-order valence-electron chi connectivity index (χ0n) is 13.4. The molecule has 0 bridgehead atoms. The van der Waals surface area contributed by atoms with Crippen LogP contribution in [-0.2, 0) is 4.74 Å². The Morgan fingerprint density at radius 3 is 2.40 bits per heavy atom. The van der Waals surface area contributed by atoms with Crippen molar-refractivity contribution in [3.05, 3.63) is 0 Å². The van der Waals surface area contributed by atoms with Crippen LogP contribution >= 0.6 is 0 Å². The Balaban J connectivity index is 2.52. The first-order chi connectivity index (χ1) is 9.31. The second kappa shape index (κ2) is 7.87. The van der Waals surface area contributed by atoms with Gasteiger partial charge in [0.05, 0.1) is 12.1 Å². The first-order valence-corrected chi connectivity index (χ1v) is 7.99. The van der Waals surface area contributed by atoms with Crippen molar-refractivity contribution in [1.29, 1.82) is 0 Å². The third kappa shape index (κ3) is 6.60. The van der Waals surface area contributed by atoms with E-state index in [0.717, 1.165) is 6.42 Å². The fourth-order valence-electron chi connectivity index (χ4n) is 2.84. The van der Waals surface area contributed by atoms with Crippen molar-refractivity contribution in [3.63, 3.8) is 0 Å². The van der Waals surface area contributed by atoms with Gasteiger partial charge in [-0.15, -0.1) is 0 Å². The van der Waals surface area contributed by atoms with E-state index in [1.165, 1.54) is 32.1 Å². The van der Waals surface area contributed by atoms with Gasteiger partial charge in [0.2, 0.25) is 0 Å². The minimum absolute atomic E-state index is 0.196. The Hall–Kier alpha value is -0.770. The molecule has 2 atom stereocenters. The van der Waals surface area contributed by atoms with E-state index < -0.39 is 17.8 Å². The normalized spacial score (nSPS) is 20.2. The summed E-state index contributed by atoms with van der Waals surface area (Å²) in [7, 11) is 0. The summed E-state index contributed by atoms with van der Waals surface area (Å²) in [6, 6.07) is -0.196. The van der Waals surface area contributed by atoms with Crippen molar-refractivity contribution in [3.8, 4) is 0 Å². The summed E-state index contributed by atoms with van der Waals surface area (Å²) in [6.45, 7) is 7.48. The highest BCUT2D eigenvalue weighted by Gasteiger charge is 2.27. The number of amides is 1. The molecule has 20 heavy (non-hydrogen) atoms. The van der Waals surface area contributed by atoms with Gasteiger partial charge < -0.3 is 15.2 Å². The zero-order valence-corrected chi connectivity index (χ0v) is 13.4. The quantitative estimate of drug-likeness (QED) is 0.811. The van der Waals surface area contributed by atoms with Crippen LogP contribution in [0.15, 0.2) is 0 Å². The van der Waals surface area contributed by atoms with Gasteiger partial charge in [0.25, 0.3) is 0 Å². The van der Waals surface area contributed by atoms with Crippen LogP contribution in [0.3, 0.4) is 0 Å². The largest absolute Gasteiger partial charge is 0.444 e. The van der Waals surface area contributed by atoms with Gasteiger partial charge in [-0.3, -0.25) is 0 Å². The minimum atomic E-state index is -0.503. The maximum absolute atomic E-state index is 11.9. The van der Waals surface area contributed by atoms with Crippen LogP contribution in [0.4, 0.5) is 4.79 Å². The second-order valence-electron chi connectivity index (χ2n) is 6.97. The van der Waals surface area contributed by atoms with Crippen LogP contribution in [0.25, 0.3) is 0 Å². The van der Waals surface area contributed by atoms with Gasteiger partial charge in [-0.2, -0.15) is 0 Å². The fraction of sp³-hybridized carbons (Fsp3) is 0.938. The van der Waals surface area contributed by atoms with Crippen LogP contribution in [0.2, 0.25) is 0 Å². The second-order valence-corrected chi connectivity index (χ2v) is 6.97. The summed E-state index contributed by atoms with van der Waals surface area (Å²) in [5.74, 6) is 0.616. The van der Waals surface area contributed by atoms with Gasteiger partial charge >= 0.3 is 6.09 Å². The number of carbonyl (C=O) groups is 1. The van der Waals surface area contributed by atoms with Crippen molar-refractivity contribution in [1.82, 2.24) is 5.32 Å². The summed E-state index contributed by atoms with van der Waals surface area (Å²) < 4.78 is 5.29. The Morgan fingerprint density at radius 1 is 1.30 bits per heavy atom. The Morgan fingerprint density at radius 2 is 1.90 bits per heavy atom. The van der Waals surface area contributed by atoms with E-state index in [2.05, 4.69) is 5.32 Å². The molecule has 0 aromatic rings. The van der Waals surface area contributed by atoms with Crippen LogP contribution in [0, 0.1) is 5.92 Å². The van der Waals surface area contributed by atoms with Crippen molar-refractivity contribution in [2.24, 2.45) is 5.92 Å². The van der Waals surface area contributed by atoms with E-state index in [4.69, 9.17) is 4.74 Å².